The van der Waals surface area contributed by atoms with Gasteiger partial charge in [-0.15, -0.1) is 0 Å². The molecular weight excluding hydrogens is 457 g/mol. The molecule has 0 saturated carbocycles. The molecule has 2 aromatic carbocycles. The van der Waals surface area contributed by atoms with E-state index in [9.17, 15) is 22.4 Å². The zero-order valence-corrected chi connectivity index (χ0v) is 20.0. The van der Waals surface area contributed by atoms with Crippen LogP contribution in [0.4, 0.5) is 10.1 Å². The molecule has 1 atom stereocenters. The van der Waals surface area contributed by atoms with Gasteiger partial charge in [-0.05, 0) is 56.7 Å². The number of hydrogen-bond donors (Lipinski definition) is 1. The van der Waals surface area contributed by atoms with Crippen molar-refractivity contribution < 1.29 is 22.4 Å². The summed E-state index contributed by atoms with van der Waals surface area (Å²) in [5, 5.41) is 3.28. The number of anilines is 1. The highest BCUT2D eigenvalue weighted by molar-refractivity contribution is 7.92. The number of hydrogen-bond acceptors (Lipinski definition) is 4. The molecule has 10 heteroatoms. The molecule has 32 heavy (non-hydrogen) atoms. The van der Waals surface area contributed by atoms with Gasteiger partial charge in [-0.25, -0.2) is 12.8 Å². The zero-order valence-electron chi connectivity index (χ0n) is 18.4. The fraction of sp³-hybridized carbons (Fsp3) is 0.364. The summed E-state index contributed by atoms with van der Waals surface area (Å²) >= 11 is 5.93. The van der Waals surface area contributed by atoms with Gasteiger partial charge >= 0.3 is 0 Å². The summed E-state index contributed by atoms with van der Waals surface area (Å²) in [4.78, 5) is 27.2. The lowest BCUT2D eigenvalue weighted by atomic mass is 10.1. The molecule has 1 N–H and O–H groups in total. The highest BCUT2D eigenvalue weighted by Crippen LogP contribution is 2.20. The lowest BCUT2D eigenvalue weighted by Crippen LogP contribution is -2.52. The minimum atomic E-state index is -3.91. The highest BCUT2D eigenvalue weighted by Gasteiger charge is 2.30. The van der Waals surface area contributed by atoms with Gasteiger partial charge in [0.15, 0.2) is 0 Å². The summed E-state index contributed by atoms with van der Waals surface area (Å²) in [6.45, 7) is 4.63. The topological polar surface area (TPSA) is 86.8 Å². The predicted molar refractivity (Wildman–Crippen MR) is 123 cm³/mol. The molecule has 0 aliphatic heterocycles. The Morgan fingerprint density at radius 2 is 1.72 bits per heavy atom. The van der Waals surface area contributed by atoms with Crippen LogP contribution in [-0.2, 0) is 26.2 Å². The van der Waals surface area contributed by atoms with Gasteiger partial charge in [-0.1, -0.05) is 29.8 Å². The molecule has 0 saturated heterocycles. The molecule has 0 aromatic heterocycles. The van der Waals surface area contributed by atoms with E-state index in [4.69, 9.17) is 11.6 Å². The number of amides is 2. The van der Waals surface area contributed by atoms with Crippen LogP contribution in [0.2, 0.25) is 5.02 Å². The molecule has 2 aromatic rings. The van der Waals surface area contributed by atoms with Gasteiger partial charge in [0.25, 0.3) is 0 Å². The van der Waals surface area contributed by atoms with Crippen LogP contribution in [0.3, 0.4) is 0 Å². The lowest BCUT2D eigenvalue weighted by molar-refractivity contribution is -0.139. The Hall–Kier alpha value is -2.65. The average molecular weight is 484 g/mol. The third-order valence-electron chi connectivity index (χ3n) is 4.64. The zero-order chi connectivity index (χ0) is 24.1. The number of benzene rings is 2. The van der Waals surface area contributed by atoms with Gasteiger partial charge in [-0.3, -0.25) is 13.9 Å². The van der Waals surface area contributed by atoms with E-state index in [1.54, 1.807) is 45.0 Å². The predicted octanol–water partition coefficient (Wildman–Crippen LogP) is 3.19. The fourth-order valence-corrected chi connectivity index (χ4v) is 3.99. The second-order valence-corrected chi connectivity index (χ2v) is 10.1. The van der Waals surface area contributed by atoms with Gasteiger partial charge < -0.3 is 10.2 Å². The van der Waals surface area contributed by atoms with Gasteiger partial charge in [0.1, 0.15) is 18.4 Å². The first-order chi connectivity index (χ1) is 14.9. The summed E-state index contributed by atoms with van der Waals surface area (Å²) in [7, 11) is -3.91. The van der Waals surface area contributed by atoms with E-state index in [1.165, 1.54) is 23.1 Å². The number of carbonyl (C=O) groups is 2. The minimum Gasteiger partial charge on any atom is -0.352 e. The third-order valence-corrected chi connectivity index (χ3v) is 6.03. The second-order valence-electron chi connectivity index (χ2n) is 7.74. The van der Waals surface area contributed by atoms with Crippen LogP contribution in [0.25, 0.3) is 0 Å². The van der Waals surface area contributed by atoms with Crippen molar-refractivity contribution in [3.05, 3.63) is 64.9 Å². The van der Waals surface area contributed by atoms with Crippen LogP contribution >= 0.6 is 11.6 Å². The largest absolute Gasteiger partial charge is 0.352 e. The molecule has 7 nitrogen and oxygen atoms in total. The molecular formula is C22H27ClFN3O4S. The van der Waals surface area contributed by atoms with Crippen LogP contribution in [0, 0.1) is 5.82 Å². The number of nitrogens with one attached hydrogen (secondary N) is 1. The van der Waals surface area contributed by atoms with Crippen molar-refractivity contribution in [2.24, 2.45) is 0 Å². The summed E-state index contributed by atoms with van der Waals surface area (Å²) in [6, 6.07) is 10.7. The van der Waals surface area contributed by atoms with Crippen molar-refractivity contribution >= 4 is 39.1 Å². The molecule has 0 spiro atoms. The highest BCUT2D eigenvalue weighted by atomic mass is 35.5. The Kier molecular flexibility index (Phi) is 8.63. The number of carbonyl (C=O) groups excluding carboxylic acids is 2. The van der Waals surface area contributed by atoms with Gasteiger partial charge in [0.05, 0.1) is 11.9 Å². The summed E-state index contributed by atoms with van der Waals surface area (Å²) in [6.07, 6.45) is 0.934. The van der Waals surface area contributed by atoms with Crippen molar-refractivity contribution in [2.75, 3.05) is 17.1 Å². The van der Waals surface area contributed by atoms with Crippen molar-refractivity contribution in [1.82, 2.24) is 10.2 Å². The van der Waals surface area contributed by atoms with E-state index in [2.05, 4.69) is 5.32 Å². The van der Waals surface area contributed by atoms with E-state index >= 15 is 0 Å². The SMILES string of the molecule is CC(C)NC(=O)[C@H](C)N(Cc1ccc(Cl)cc1)C(=O)CN(c1cccc(F)c1)S(C)(=O)=O. The second kappa shape index (κ2) is 10.8. The van der Waals surface area contributed by atoms with Gasteiger partial charge in [0.2, 0.25) is 21.8 Å². The maximum absolute atomic E-state index is 13.7. The van der Waals surface area contributed by atoms with E-state index < -0.39 is 34.3 Å². The summed E-state index contributed by atoms with van der Waals surface area (Å²) < 4.78 is 39.3. The molecule has 2 amide bonds. The quantitative estimate of drug-likeness (QED) is 0.593. The first kappa shape index (κ1) is 25.6. The van der Waals surface area contributed by atoms with Crippen molar-refractivity contribution in [1.29, 1.82) is 0 Å². The van der Waals surface area contributed by atoms with Crippen molar-refractivity contribution in [3.63, 3.8) is 0 Å². The molecule has 0 radical (unpaired) electrons. The third kappa shape index (κ3) is 7.20. The van der Waals surface area contributed by atoms with Gasteiger partial charge in [-0.2, -0.15) is 0 Å². The molecule has 0 unspecified atom stereocenters. The number of sulfonamides is 1. The Labute approximate surface area is 193 Å². The van der Waals surface area contributed by atoms with E-state index in [0.29, 0.717) is 10.6 Å². The van der Waals surface area contributed by atoms with Crippen LogP contribution < -0.4 is 9.62 Å². The minimum absolute atomic E-state index is 0.0200. The number of halogens is 2. The Balaban J connectivity index is 2.38. The number of rotatable bonds is 9. The smallest absolute Gasteiger partial charge is 0.244 e. The van der Waals surface area contributed by atoms with Crippen LogP contribution in [0.15, 0.2) is 48.5 Å². The molecule has 0 aliphatic carbocycles. The van der Waals surface area contributed by atoms with E-state index in [-0.39, 0.29) is 24.2 Å². The standard InChI is InChI=1S/C22H27ClFN3O4S/c1-15(2)25-22(29)16(3)26(13-17-8-10-18(23)11-9-17)21(28)14-27(32(4,30)31)20-7-5-6-19(24)12-20/h5-12,15-16H,13-14H2,1-4H3,(H,25,29)/t16-/m0/s1. The molecule has 0 fully saturated rings. The molecule has 0 aliphatic rings. The average Bonchev–Trinajstić information content (AvgIpc) is 2.69. The van der Waals surface area contributed by atoms with Gasteiger partial charge in [0, 0.05) is 17.6 Å². The van der Waals surface area contributed by atoms with E-state index in [0.717, 1.165) is 16.6 Å². The summed E-state index contributed by atoms with van der Waals surface area (Å²) in [5.41, 5.74) is 0.732. The molecule has 0 bridgehead atoms. The van der Waals surface area contributed by atoms with Crippen molar-refractivity contribution in [2.45, 2.75) is 39.4 Å². The lowest BCUT2D eigenvalue weighted by Gasteiger charge is -2.31. The van der Waals surface area contributed by atoms with E-state index in [1.807, 2.05) is 0 Å². The van der Waals surface area contributed by atoms with Crippen molar-refractivity contribution in [3.8, 4) is 0 Å². The normalized spacial score (nSPS) is 12.3. The maximum Gasteiger partial charge on any atom is 0.244 e. The Morgan fingerprint density at radius 3 is 2.25 bits per heavy atom. The monoisotopic (exact) mass is 483 g/mol. The Morgan fingerprint density at radius 1 is 1.09 bits per heavy atom. The molecule has 2 rings (SSSR count). The van der Waals surface area contributed by atoms with Crippen LogP contribution in [-0.4, -0.2) is 50.0 Å². The first-order valence-electron chi connectivity index (χ1n) is 9.96. The maximum atomic E-state index is 13.7. The number of nitrogens with zero attached hydrogens (tertiary/aromatic N) is 2. The first-order valence-corrected chi connectivity index (χ1v) is 12.2. The summed E-state index contributed by atoms with van der Waals surface area (Å²) in [5.74, 6) is -1.62. The fourth-order valence-electron chi connectivity index (χ4n) is 3.02. The van der Waals surface area contributed by atoms with Crippen LogP contribution in [0.5, 0.6) is 0 Å². The molecule has 0 heterocycles. The molecule has 174 valence electrons. The van der Waals surface area contributed by atoms with Crippen LogP contribution in [0.1, 0.15) is 26.3 Å². The Bertz CT molecular complexity index is 1060.